The molecule has 0 bridgehead atoms. The van der Waals surface area contributed by atoms with Crippen LogP contribution in [0.3, 0.4) is 0 Å². The molecule has 116 valence electrons. The van der Waals surface area contributed by atoms with Crippen LogP contribution in [-0.4, -0.2) is 65.8 Å². The van der Waals surface area contributed by atoms with Gasteiger partial charge in [-0.3, -0.25) is 9.69 Å². The first kappa shape index (κ1) is 15.6. The second-order valence-electron chi connectivity index (χ2n) is 5.68. The quantitative estimate of drug-likeness (QED) is 0.830. The van der Waals surface area contributed by atoms with Crippen molar-refractivity contribution in [3.8, 4) is 0 Å². The summed E-state index contributed by atoms with van der Waals surface area (Å²) in [4.78, 5) is 15.4. The average Bonchev–Trinajstić information content (AvgIpc) is 3.17. The largest absolute Gasteiger partial charge is 0.401 e. The van der Waals surface area contributed by atoms with Crippen molar-refractivity contribution in [2.24, 2.45) is 5.92 Å². The van der Waals surface area contributed by atoms with Gasteiger partial charge in [-0.05, 0) is 32.2 Å². The van der Waals surface area contributed by atoms with Gasteiger partial charge in [0.25, 0.3) is 0 Å². The van der Waals surface area contributed by atoms with Gasteiger partial charge in [-0.25, -0.2) is 0 Å². The molecule has 1 heterocycles. The van der Waals surface area contributed by atoms with Gasteiger partial charge in [-0.1, -0.05) is 0 Å². The first-order chi connectivity index (χ1) is 9.40. The average molecular weight is 294 g/mol. The third kappa shape index (κ3) is 4.34. The maximum Gasteiger partial charge on any atom is 0.401 e. The fraction of sp³-hybridized carbons (Fsp3) is 0.923. The highest BCUT2D eigenvalue weighted by atomic mass is 19.4. The monoisotopic (exact) mass is 294 g/mol. The summed E-state index contributed by atoms with van der Waals surface area (Å²) < 4.78 is 37.2. The first-order valence-electron chi connectivity index (χ1n) is 7.11. The lowest BCUT2D eigenvalue weighted by molar-refractivity contribution is -0.155. The van der Waals surface area contributed by atoms with E-state index in [4.69, 9.17) is 5.11 Å². The van der Waals surface area contributed by atoms with Gasteiger partial charge in [-0.2, -0.15) is 13.2 Å². The van der Waals surface area contributed by atoms with Crippen LogP contribution in [0.15, 0.2) is 0 Å². The Kier molecular flexibility index (Phi) is 4.90. The van der Waals surface area contributed by atoms with Crippen LogP contribution in [0.2, 0.25) is 0 Å². The van der Waals surface area contributed by atoms with Crippen LogP contribution in [0.4, 0.5) is 13.2 Å². The molecule has 1 unspecified atom stereocenters. The van der Waals surface area contributed by atoms with Crippen molar-refractivity contribution in [1.82, 2.24) is 9.80 Å². The fourth-order valence-electron chi connectivity index (χ4n) is 2.86. The van der Waals surface area contributed by atoms with Gasteiger partial charge in [0.1, 0.15) is 0 Å². The van der Waals surface area contributed by atoms with Crippen LogP contribution in [-0.2, 0) is 4.79 Å². The van der Waals surface area contributed by atoms with Crippen LogP contribution in [0.25, 0.3) is 0 Å². The molecule has 0 aromatic carbocycles. The Bertz CT molecular complexity index is 345. The molecular formula is C13H21F3N2O2. The van der Waals surface area contributed by atoms with Crippen LogP contribution in [0.5, 0.6) is 0 Å². The van der Waals surface area contributed by atoms with E-state index in [1.807, 2.05) is 0 Å². The maximum atomic E-state index is 12.4. The number of hydrogen-bond donors (Lipinski definition) is 1. The van der Waals surface area contributed by atoms with Gasteiger partial charge in [0.05, 0.1) is 19.1 Å². The third-order valence-electron chi connectivity index (χ3n) is 3.87. The highest BCUT2D eigenvalue weighted by Crippen LogP contribution is 2.30. The van der Waals surface area contributed by atoms with Crippen molar-refractivity contribution in [3.05, 3.63) is 0 Å². The molecule has 1 aliphatic heterocycles. The van der Waals surface area contributed by atoms with Gasteiger partial charge in [0.2, 0.25) is 5.91 Å². The SMILES string of the molecule is O=C(C1CCCN(CC(F)(F)F)C1)N(CCO)C1CC1. The summed E-state index contributed by atoms with van der Waals surface area (Å²) in [5.41, 5.74) is 0. The molecule has 2 aliphatic rings. The smallest absolute Gasteiger partial charge is 0.395 e. The Balaban J connectivity index is 1.91. The van der Waals surface area contributed by atoms with Crippen LogP contribution >= 0.6 is 0 Å². The topological polar surface area (TPSA) is 43.8 Å². The zero-order valence-corrected chi connectivity index (χ0v) is 11.4. The van der Waals surface area contributed by atoms with Crippen molar-refractivity contribution in [3.63, 3.8) is 0 Å². The van der Waals surface area contributed by atoms with E-state index in [1.54, 1.807) is 4.90 Å². The van der Waals surface area contributed by atoms with Gasteiger partial charge in [0.15, 0.2) is 0 Å². The van der Waals surface area contributed by atoms with Crippen molar-refractivity contribution in [2.75, 3.05) is 32.8 Å². The second kappa shape index (κ2) is 6.30. The number of nitrogens with zero attached hydrogens (tertiary/aromatic N) is 2. The second-order valence-corrected chi connectivity index (χ2v) is 5.68. The standard InChI is InChI=1S/C13H21F3N2O2/c14-13(15,16)9-17-5-1-2-10(8-17)12(20)18(6-7-19)11-3-4-11/h10-11,19H,1-9H2. The molecule has 1 N–H and O–H groups in total. The minimum Gasteiger partial charge on any atom is -0.395 e. The molecule has 1 saturated carbocycles. The van der Waals surface area contributed by atoms with E-state index in [2.05, 4.69) is 0 Å². The minimum atomic E-state index is -4.22. The number of alkyl halides is 3. The van der Waals surface area contributed by atoms with Crippen molar-refractivity contribution < 1.29 is 23.1 Å². The van der Waals surface area contributed by atoms with Gasteiger partial charge in [-0.15, -0.1) is 0 Å². The molecule has 0 spiro atoms. The van der Waals surface area contributed by atoms with E-state index in [9.17, 15) is 18.0 Å². The van der Waals surface area contributed by atoms with E-state index < -0.39 is 12.7 Å². The molecule has 4 nitrogen and oxygen atoms in total. The number of hydrogen-bond acceptors (Lipinski definition) is 3. The van der Waals surface area contributed by atoms with Crippen LogP contribution in [0.1, 0.15) is 25.7 Å². The minimum absolute atomic E-state index is 0.0894. The van der Waals surface area contributed by atoms with E-state index >= 15 is 0 Å². The van der Waals surface area contributed by atoms with Crippen molar-refractivity contribution in [1.29, 1.82) is 0 Å². The van der Waals surface area contributed by atoms with Gasteiger partial charge < -0.3 is 10.0 Å². The summed E-state index contributed by atoms with van der Waals surface area (Å²) in [5.74, 6) is -0.452. The van der Waals surface area contributed by atoms with Crippen LogP contribution < -0.4 is 0 Å². The molecule has 2 fully saturated rings. The lowest BCUT2D eigenvalue weighted by Gasteiger charge is -2.35. The summed E-state index contributed by atoms with van der Waals surface area (Å²) >= 11 is 0. The molecule has 1 amide bonds. The van der Waals surface area contributed by atoms with Gasteiger partial charge in [0, 0.05) is 19.1 Å². The molecule has 1 atom stereocenters. The number of carbonyl (C=O) groups is 1. The predicted molar refractivity (Wildman–Crippen MR) is 67.0 cm³/mol. The number of aliphatic hydroxyl groups is 1. The number of amides is 1. The van der Waals surface area contributed by atoms with E-state index in [1.165, 1.54) is 4.90 Å². The number of halogens is 3. The molecular weight excluding hydrogens is 273 g/mol. The third-order valence-corrected chi connectivity index (χ3v) is 3.87. The van der Waals surface area contributed by atoms with Crippen LogP contribution in [0, 0.1) is 5.92 Å². The number of likely N-dealkylation sites (tertiary alicyclic amines) is 1. The van der Waals surface area contributed by atoms with Crippen molar-refractivity contribution >= 4 is 5.91 Å². The molecule has 1 aliphatic carbocycles. The lowest BCUT2D eigenvalue weighted by Crippen LogP contribution is -2.48. The number of rotatable bonds is 5. The first-order valence-corrected chi connectivity index (χ1v) is 7.11. The van der Waals surface area contributed by atoms with Crippen molar-refractivity contribution in [2.45, 2.75) is 37.9 Å². The van der Waals surface area contributed by atoms with E-state index in [0.29, 0.717) is 25.9 Å². The molecule has 0 aromatic rings. The molecule has 0 aromatic heterocycles. The lowest BCUT2D eigenvalue weighted by atomic mass is 9.96. The Hall–Kier alpha value is -0.820. The summed E-state index contributed by atoms with van der Waals surface area (Å²) in [6.45, 7) is -0.180. The normalized spacial score (nSPS) is 24.7. The summed E-state index contributed by atoms with van der Waals surface area (Å²) in [7, 11) is 0. The summed E-state index contributed by atoms with van der Waals surface area (Å²) in [5, 5.41) is 9.01. The summed E-state index contributed by atoms with van der Waals surface area (Å²) in [6, 6.07) is 0.188. The Labute approximate surface area is 116 Å². The Morgan fingerprint density at radius 1 is 1.30 bits per heavy atom. The molecule has 20 heavy (non-hydrogen) atoms. The number of piperidine rings is 1. The highest BCUT2D eigenvalue weighted by molar-refractivity contribution is 5.79. The zero-order chi connectivity index (χ0) is 14.8. The summed E-state index contributed by atoms with van der Waals surface area (Å²) in [6.07, 6.45) is -1.09. The maximum absolute atomic E-state index is 12.4. The Morgan fingerprint density at radius 2 is 2.00 bits per heavy atom. The molecule has 1 saturated heterocycles. The predicted octanol–water partition coefficient (Wildman–Crippen LogP) is 1.24. The Morgan fingerprint density at radius 3 is 2.55 bits per heavy atom. The highest BCUT2D eigenvalue weighted by Gasteiger charge is 2.39. The van der Waals surface area contributed by atoms with E-state index in [0.717, 1.165) is 12.8 Å². The zero-order valence-electron chi connectivity index (χ0n) is 11.4. The number of carbonyl (C=O) groups excluding carboxylic acids is 1. The fourth-order valence-corrected chi connectivity index (χ4v) is 2.86. The molecule has 0 radical (unpaired) electrons. The molecule has 7 heteroatoms. The van der Waals surface area contributed by atoms with E-state index in [-0.39, 0.29) is 31.0 Å². The molecule has 2 rings (SSSR count). The van der Waals surface area contributed by atoms with Gasteiger partial charge >= 0.3 is 6.18 Å². The number of aliphatic hydroxyl groups excluding tert-OH is 1.